The molecular weight excluding hydrogens is 420 g/mol. The highest BCUT2D eigenvalue weighted by atomic mass is 16.6. The van der Waals surface area contributed by atoms with Gasteiger partial charge in [-0.05, 0) is 19.8 Å². The first-order valence-electron chi connectivity index (χ1n) is 10.9. The van der Waals surface area contributed by atoms with Crippen molar-refractivity contribution in [3.05, 3.63) is 12.2 Å². The summed E-state index contributed by atoms with van der Waals surface area (Å²) in [7, 11) is 0. The fourth-order valence-corrected chi connectivity index (χ4v) is 5.85. The van der Waals surface area contributed by atoms with Gasteiger partial charge in [0.2, 0.25) is 0 Å². The lowest BCUT2D eigenvalue weighted by Crippen LogP contribution is -2.72. The van der Waals surface area contributed by atoms with Gasteiger partial charge in [0.1, 0.15) is 17.8 Å². The monoisotopic (exact) mass is 452 g/mol. The number of carbonyl (C=O) groups is 4. The first-order valence-corrected chi connectivity index (χ1v) is 10.9. The van der Waals surface area contributed by atoms with Crippen LogP contribution < -0.4 is 0 Å². The van der Waals surface area contributed by atoms with E-state index in [1.54, 1.807) is 27.7 Å². The van der Waals surface area contributed by atoms with Crippen molar-refractivity contribution < 1.29 is 43.2 Å². The topological polar surface area (TPSA) is 125 Å². The van der Waals surface area contributed by atoms with Gasteiger partial charge in [-0.15, -0.1) is 0 Å². The van der Waals surface area contributed by atoms with Crippen molar-refractivity contribution in [2.75, 3.05) is 0 Å². The fraction of sp³-hybridized carbons (Fsp3) is 0.739. The Morgan fingerprint density at radius 3 is 2.31 bits per heavy atom. The lowest BCUT2D eigenvalue weighted by Gasteiger charge is -2.61. The van der Waals surface area contributed by atoms with E-state index in [1.807, 2.05) is 0 Å². The standard InChI is InChI=1S/C23H32O9/c1-10(2)20(27)30-16-15-11(3)21(28)31-17(15)19(29-12(4)24)23(7)14(26)8-9-22(6,18(16)23)32-13(5)25/h10,14-19,26H,3,8-9H2,1-2,4-7H3/t14-,15-,16-,17-,18+,19-,22-,23+/m1/s1. The SMILES string of the molecule is C=C1C(=O)O[C@@H]2[C@H]1[C@@H](OC(=O)C(C)C)[C@@H]1[C@](C)([C@H](O)CC[C@@]1(C)OC(C)=O)[C@@H]2OC(C)=O. The van der Waals surface area contributed by atoms with Crippen molar-refractivity contribution >= 4 is 23.9 Å². The van der Waals surface area contributed by atoms with E-state index in [0.29, 0.717) is 0 Å². The van der Waals surface area contributed by atoms with Crippen molar-refractivity contribution in [2.24, 2.45) is 23.2 Å². The molecule has 8 atom stereocenters. The predicted octanol–water partition coefficient (Wildman–Crippen LogP) is 1.70. The van der Waals surface area contributed by atoms with Gasteiger partial charge in [-0.2, -0.15) is 0 Å². The summed E-state index contributed by atoms with van der Waals surface area (Å²) in [4.78, 5) is 49.3. The van der Waals surface area contributed by atoms with Gasteiger partial charge in [-0.1, -0.05) is 27.4 Å². The minimum Gasteiger partial charge on any atom is -0.461 e. The van der Waals surface area contributed by atoms with Gasteiger partial charge in [0.25, 0.3) is 0 Å². The fourth-order valence-electron chi connectivity index (χ4n) is 5.85. The Balaban J connectivity index is 2.24. The molecule has 0 aromatic rings. The zero-order valence-electron chi connectivity index (χ0n) is 19.4. The molecule has 9 heteroatoms. The number of hydrogen-bond donors (Lipinski definition) is 1. The second-order valence-corrected chi connectivity index (χ2v) is 9.81. The van der Waals surface area contributed by atoms with E-state index >= 15 is 0 Å². The van der Waals surface area contributed by atoms with Crippen LogP contribution in [0.5, 0.6) is 0 Å². The lowest BCUT2D eigenvalue weighted by molar-refractivity contribution is -0.281. The Labute approximate surface area is 187 Å². The van der Waals surface area contributed by atoms with Crippen molar-refractivity contribution in [1.82, 2.24) is 0 Å². The molecule has 3 fully saturated rings. The highest BCUT2D eigenvalue weighted by Gasteiger charge is 2.72. The number of carbonyl (C=O) groups excluding carboxylic acids is 4. The molecule has 0 aromatic carbocycles. The van der Waals surface area contributed by atoms with Gasteiger partial charge in [0.15, 0.2) is 6.10 Å². The van der Waals surface area contributed by atoms with E-state index in [-0.39, 0.29) is 18.4 Å². The zero-order chi connectivity index (χ0) is 24.2. The average molecular weight is 453 g/mol. The molecule has 0 radical (unpaired) electrons. The molecule has 1 aliphatic heterocycles. The molecule has 32 heavy (non-hydrogen) atoms. The maximum absolute atomic E-state index is 12.7. The molecule has 3 aliphatic rings. The van der Waals surface area contributed by atoms with E-state index in [2.05, 4.69) is 6.58 Å². The third kappa shape index (κ3) is 3.70. The summed E-state index contributed by atoms with van der Waals surface area (Å²) in [6.07, 6.45) is -3.53. The van der Waals surface area contributed by atoms with Gasteiger partial charge in [-0.3, -0.25) is 14.4 Å². The van der Waals surface area contributed by atoms with Crippen LogP contribution in [-0.2, 0) is 38.1 Å². The number of aliphatic hydroxyl groups excluding tert-OH is 1. The van der Waals surface area contributed by atoms with Crippen LogP contribution in [-0.4, -0.2) is 59.0 Å². The van der Waals surface area contributed by atoms with E-state index in [0.717, 1.165) is 0 Å². The van der Waals surface area contributed by atoms with Gasteiger partial charge in [-0.25, -0.2) is 4.79 Å². The minimum absolute atomic E-state index is 0.0843. The van der Waals surface area contributed by atoms with E-state index in [9.17, 15) is 24.3 Å². The highest BCUT2D eigenvalue weighted by Crippen LogP contribution is 2.61. The van der Waals surface area contributed by atoms with Crippen molar-refractivity contribution in [1.29, 1.82) is 0 Å². The number of hydrogen-bond acceptors (Lipinski definition) is 9. The molecule has 0 unspecified atom stereocenters. The van der Waals surface area contributed by atoms with E-state index in [4.69, 9.17) is 18.9 Å². The normalized spacial score (nSPS) is 40.8. The molecule has 1 saturated heterocycles. The van der Waals surface area contributed by atoms with Crippen LogP contribution in [0.25, 0.3) is 0 Å². The lowest BCUT2D eigenvalue weighted by atomic mass is 9.49. The van der Waals surface area contributed by atoms with Crippen LogP contribution in [0, 0.1) is 23.2 Å². The highest BCUT2D eigenvalue weighted by molar-refractivity contribution is 5.91. The Morgan fingerprint density at radius 1 is 1.16 bits per heavy atom. The third-order valence-corrected chi connectivity index (χ3v) is 7.21. The number of esters is 4. The smallest absolute Gasteiger partial charge is 0.334 e. The molecular formula is C23H32O9. The number of fused-ring (bicyclic) bond motifs is 2. The first kappa shape index (κ1) is 24.2. The molecule has 1 N–H and O–H groups in total. The molecule has 178 valence electrons. The van der Waals surface area contributed by atoms with Crippen LogP contribution in [0.15, 0.2) is 12.2 Å². The Hall–Kier alpha value is -2.42. The Morgan fingerprint density at radius 2 is 1.78 bits per heavy atom. The van der Waals surface area contributed by atoms with Crippen molar-refractivity contribution in [3.63, 3.8) is 0 Å². The van der Waals surface area contributed by atoms with Gasteiger partial charge in [0.05, 0.1) is 17.9 Å². The largest absolute Gasteiger partial charge is 0.461 e. The predicted molar refractivity (Wildman–Crippen MR) is 110 cm³/mol. The summed E-state index contributed by atoms with van der Waals surface area (Å²) < 4.78 is 22.9. The summed E-state index contributed by atoms with van der Waals surface area (Å²) >= 11 is 0. The maximum atomic E-state index is 12.7. The molecule has 1 heterocycles. The van der Waals surface area contributed by atoms with Crippen LogP contribution in [0.2, 0.25) is 0 Å². The molecule has 2 saturated carbocycles. The molecule has 0 bridgehead atoms. The summed E-state index contributed by atoms with van der Waals surface area (Å²) in [6, 6.07) is 0. The zero-order valence-corrected chi connectivity index (χ0v) is 19.4. The van der Waals surface area contributed by atoms with Crippen molar-refractivity contribution in [3.8, 4) is 0 Å². The van der Waals surface area contributed by atoms with E-state index in [1.165, 1.54) is 13.8 Å². The maximum Gasteiger partial charge on any atom is 0.334 e. The number of ether oxygens (including phenoxy) is 4. The van der Waals surface area contributed by atoms with Crippen LogP contribution in [0.3, 0.4) is 0 Å². The summed E-state index contributed by atoms with van der Waals surface area (Å²) in [5, 5.41) is 11.2. The van der Waals surface area contributed by atoms with Crippen LogP contribution in [0.1, 0.15) is 54.4 Å². The second kappa shape index (κ2) is 8.17. The minimum atomic E-state index is -1.25. The van der Waals surface area contributed by atoms with Crippen molar-refractivity contribution in [2.45, 2.75) is 84.4 Å². The Kier molecular flexibility index (Phi) is 6.19. The quantitative estimate of drug-likeness (QED) is 0.385. The molecule has 0 spiro atoms. The number of rotatable bonds is 4. The molecule has 9 nitrogen and oxygen atoms in total. The molecule has 0 aromatic heterocycles. The summed E-state index contributed by atoms with van der Waals surface area (Å²) in [5.41, 5.74) is -2.33. The number of aliphatic hydroxyl groups is 1. The third-order valence-electron chi connectivity index (χ3n) is 7.21. The Bertz CT molecular complexity index is 848. The summed E-state index contributed by atoms with van der Waals surface area (Å²) in [6.45, 7) is 13.1. The average Bonchev–Trinajstić information content (AvgIpc) is 2.95. The first-order chi connectivity index (χ1) is 14.7. The molecule has 2 aliphatic carbocycles. The van der Waals surface area contributed by atoms with Gasteiger partial charge >= 0.3 is 23.9 Å². The van der Waals surface area contributed by atoms with Gasteiger partial charge < -0.3 is 24.1 Å². The van der Waals surface area contributed by atoms with E-state index < -0.39 is 77.1 Å². The van der Waals surface area contributed by atoms with Crippen LogP contribution >= 0.6 is 0 Å². The van der Waals surface area contributed by atoms with Gasteiger partial charge in [0, 0.05) is 30.8 Å². The summed E-state index contributed by atoms with van der Waals surface area (Å²) in [5.74, 6) is -4.45. The second-order valence-electron chi connectivity index (χ2n) is 9.81. The molecule has 0 amide bonds. The van der Waals surface area contributed by atoms with Crippen LogP contribution in [0.4, 0.5) is 0 Å². The molecule has 3 rings (SSSR count).